The Morgan fingerprint density at radius 3 is 2.03 bits per heavy atom. The van der Waals surface area contributed by atoms with Crippen molar-refractivity contribution in [3.05, 3.63) is 53.6 Å². The summed E-state index contributed by atoms with van der Waals surface area (Å²) in [6, 6.07) is 10.5. The molecule has 0 heterocycles. The molecule has 0 spiro atoms. The van der Waals surface area contributed by atoms with Gasteiger partial charge in [-0.1, -0.05) is 42.1 Å². The molecule has 2 rings (SSSR count). The van der Waals surface area contributed by atoms with Crippen LogP contribution in [0.4, 0.5) is 0 Å². The minimum absolute atomic E-state index is 0.0766. The molecule has 9 nitrogen and oxygen atoms in total. The molecule has 10 heteroatoms. The smallest absolute Gasteiger partial charge is 0.326 e. The molecule has 2 aromatic rings. The van der Waals surface area contributed by atoms with Crippen LogP contribution in [-0.2, 0) is 20.8 Å². The molecule has 0 radical (unpaired) electrons. The summed E-state index contributed by atoms with van der Waals surface area (Å²) in [5.41, 5.74) is 0.887. The molecular weight excluding hydrogens is 462 g/mol. The molecule has 1 amide bonds. The molecule has 0 aromatic heterocycles. The van der Waals surface area contributed by atoms with Crippen LogP contribution in [0.5, 0.6) is 17.2 Å². The molecule has 34 heavy (non-hydrogen) atoms. The number of methoxy groups -OCH3 is 3. The summed E-state index contributed by atoms with van der Waals surface area (Å²) in [4.78, 5) is 49.4. The summed E-state index contributed by atoms with van der Waals surface area (Å²) >= 11 is 0.698. The minimum atomic E-state index is -1.20. The number of hydrogen-bond donors (Lipinski definition) is 2. The first kappa shape index (κ1) is 26.7. The quantitative estimate of drug-likeness (QED) is 0.433. The van der Waals surface area contributed by atoms with Crippen LogP contribution in [0.25, 0.3) is 0 Å². The van der Waals surface area contributed by atoms with E-state index in [0.717, 1.165) is 5.56 Å². The number of rotatable bonds is 12. The molecule has 182 valence electrons. The van der Waals surface area contributed by atoms with Crippen molar-refractivity contribution in [3.63, 3.8) is 0 Å². The number of carbonyl (C=O) groups excluding carboxylic acids is 3. The molecule has 2 aromatic carbocycles. The van der Waals surface area contributed by atoms with E-state index in [-0.39, 0.29) is 28.6 Å². The third kappa shape index (κ3) is 7.24. The fourth-order valence-corrected chi connectivity index (χ4v) is 4.15. The number of hydrogen-bond acceptors (Lipinski definition) is 8. The summed E-state index contributed by atoms with van der Waals surface area (Å²) in [7, 11) is 4.23. The Morgan fingerprint density at radius 1 is 0.971 bits per heavy atom. The molecule has 0 saturated heterocycles. The SMILES string of the molecule is COc1cc(C(=O)C(CC(=O)N[C@@H](Cc2ccccc2)C(=O)O)SC(C)=O)cc(OC)c1OC. The van der Waals surface area contributed by atoms with Gasteiger partial charge in [-0.25, -0.2) is 4.79 Å². The van der Waals surface area contributed by atoms with Gasteiger partial charge in [-0.3, -0.25) is 14.4 Å². The molecular formula is C24H27NO8S. The van der Waals surface area contributed by atoms with Crippen LogP contribution in [0.3, 0.4) is 0 Å². The van der Waals surface area contributed by atoms with Gasteiger partial charge in [0.1, 0.15) is 6.04 Å². The first-order valence-electron chi connectivity index (χ1n) is 10.3. The molecule has 0 aliphatic heterocycles. The van der Waals surface area contributed by atoms with Gasteiger partial charge in [-0.2, -0.15) is 0 Å². The van der Waals surface area contributed by atoms with Crippen LogP contribution in [0, 0.1) is 0 Å². The summed E-state index contributed by atoms with van der Waals surface area (Å²) in [5, 5.41) is 10.5. The lowest BCUT2D eigenvalue weighted by Gasteiger charge is -2.19. The number of Topliss-reactive ketones (excluding diaryl/α,β-unsaturated/α-hetero) is 1. The zero-order valence-corrected chi connectivity index (χ0v) is 20.1. The summed E-state index contributed by atoms with van der Waals surface area (Å²) in [6.45, 7) is 1.29. The Labute approximate surface area is 201 Å². The monoisotopic (exact) mass is 489 g/mol. The van der Waals surface area contributed by atoms with Crippen molar-refractivity contribution < 1.29 is 38.5 Å². The van der Waals surface area contributed by atoms with Crippen LogP contribution >= 0.6 is 11.8 Å². The van der Waals surface area contributed by atoms with Crippen LogP contribution in [-0.4, -0.2) is 60.5 Å². The van der Waals surface area contributed by atoms with Crippen LogP contribution in [0.15, 0.2) is 42.5 Å². The van der Waals surface area contributed by atoms with E-state index in [0.29, 0.717) is 17.5 Å². The van der Waals surface area contributed by atoms with Gasteiger partial charge in [-0.15, -0.1) is 0 Å². The number of carbonyl (C=O) groups is 4. The Morgan fingerprint density at radius 2 is 1.56 bits per heavy atom. The Kier molecular flexibility index (Phi) is 9.93. The highest BCUT2D eigenvalue weighted by atomic mass is 32.2. The van der Waals surface area contributed by atoms with E-state index in [2.05, 4.69) is 5.32 Å². The van der Waals surface area contributed by atoms with Gasteiger partial charge in [0.15, 0.2) is 22.4 Å². The van der Waals surface area contributed by atoms with Crippen molar-refractivity contribution in [1.82, 2.24) is 5.32 Å². The van der Waals surface area contributed by atoms with Gasteiger partial charge in [0.2, 0.25) is 11.7 Å². The molecule has 0 saturated carbocycles. The normalized spacial score (nSPS) is 12.2. The number of nitrogens with one attached hydrogen (secondary N) is 1. The van der Waals surface area contributed by atoms with Crippen LogP contribution in [0.2, 0.25) is 0 Å². The number of ketones is 1. The van der Waals surface area contributed by atoms with E-state index in [4.69, 9.17) is 14.2 Å². The van der Waals surface area contributed by atoms with Crippen molar-refractivity contribution in [1.29, 1.82) is 0 Å². The average molecular weight is 490 g/mol. The maximum atomic E-state index is 13.2. The van der Waals surface area contributed by atoms with E-state index >= 15 is 0 Å². The maximum Gasteiger partial charge on any atom is 0.326 e. The molecule has 0 aliphatic carbocycles. The number of carboxylic acids is 1. The zero-order chi connectivity index (χ0) is 25.3. The number of aliphatic carboxylic acids is 1. The zero-order valence-electron chi connectivity index (χ0n) is 19.3. The number of ether oxygens (including phenoxy) is 3. The second kappa shape index (κ2) is 12.6. The fraction of sp³-hybridized carbons (Fsp3) is 0.333. The van der Waals surface area contributed by atoms with Crippen molar-refractivity contribution in [2.45, 2.75) is 31.1 Å². The van der Waals surface area contributed by atoms with Gasteiger partial charge in [0, 0.05) is 25.3 Å². The molecule has 0 bridgehead atoms. The van der Waals surface area contributed by atoms with E-state index in [1.165, 1.54) is 40.4 Å². The standard InChI is InChI=1S/C24H27NO8S/c1-14(26)34-20(22(28)16-11-18(31-2)23(33-4)19(12-16)32-3)13-21(27)25-17(24(29)30)10-15-8-6-5-7-9-15/h5-9,11-12,17,20H,10,13H2,1-4H3,(H,25,27)(H,29,30)/t17-,20?/m0/s1. The Bertz CT molecular complexity index is 1020. The Hall–Kier alpha value is -3.53. The second-order valence-corrected chi connectivity index (χ2v) is 8.61. The second-order valence-electron chi connectivity index (χ2n) is 7.23. The average Bonchev–Trinajstić information content (AvgIpc) is 2.81. The highest BCUT2D eigenvalue weighted by Crippen LogP contribution is 2.39. The van der Waals surface area contributed by atoms with E-state index in [9.17, 15) is 24.3 Å². The molecule has 1 unspecified atom stereocenters. The van der Waals surface area contributed by atoms with Crippen LogP contribution in [0.1, 0.15) is 29.3 Å². The third-order valence-corrected chi connectivity index (χ3v) is 5.83. The molecule has 0 fully saturated rings. The molecule has 0 aliphatic rings. The topological polar surface area (TPSA) is 128 Å². The van der Waals surface area contributed by atoms with Crippen molar-refractivity contribution in [2.24, 2.45) is 0 Å². The molecule has 2 N–H and O–H groups in total. The summed E-state index contributed by atoms with van der Waals surface area (Å²) in [6.07, 6.45) is -0.314. The first-order chi connectivity index (χ1) is 16.2. The highest BCUT2D eigenvalue weighted by molar-refractivity contribution is 8.14. The number of thioether (sulfide) groups is 1. The van der Waals surface area contributed by atoms with Gasteiger partial charge < -0.3 is 24.6 Å². The van der Waals surface area contributed by atoms with Gasteiger partial charge in [0.25, 0.3) is 0 Å². The van der Waals surface area contributed by atoms with E-state index in [1.54, 1.807) is 30.3 Å². The first-order valence-corrected chi connectivity index (χ1v) is 11.2. The number of benzene rings is 2. The van der Waals surface area contributed by atoms with Gasteiger partial charge in [0.05, 0.1) is 26.6 Å². The maximum absolute atomic E-state index is 13.2. The number of carboxylic acid groups (broad SMARTS) is 1. The summed E-state index contributed by atoms with van der Waals surface area (Å²) in [5.74, 6) is -1.60. The van der Waals surface area contributed by atoms with Crippen molar-refractivity contribution >= 4 is 34.5 Å². The predicted octanol–water partition coefficient (Wildman–Crippen LogP) is 2.75. The Balaban J connectivity index is 2.25. The van der Waals surface area contributed by atoms with Gasteiger partial charge in [-0.05, 0) is 17.7 Å². The highest BCUT2D eigenvalue weighted by Gasteiger charge is 2.29. The number of amides is 1. The summed E-state index contributed by atoms with van der Waals surface area (Å²) < 4.78 is 15.8. The third-order valence-electron chi connectivity index (χ3n) is 4.84. The van der Waals surface area contributed by atoms with Crippen molar-refractivity contribution in [2.75, 3.05) is 21.3 Å². The lowest BCUT2D eigenvalue weighted by molar-refractivity contribution is -0.141. The minimum Gasteiger partial charge on any atom is -0.493 e. The van der Waals surface area contributed by atoms with Crippen molar-refractivity contribution in [3.8, 4) is 17.2 Å². The molecule has 2 atom stereocenters. The van der Waals surface area contributed by atoms with E-state index < -0.39 is 35.4 Å². The fourth-order valence-electron chi connectivity index (χ4n) is 3.27. The lowest BCUT2D eigenvalue weighted by Crippen LogP contribution is -2.43. The predicted molar refractivity (Wildman–Crippen MR) is 127 cm³/mol. The largest absolute Gasteiger partial charge is 0.493 e. The lowest BCUT2D eigenvalue weighted by atomic mass is 10.0. The van der Waals surface area contributed by atoms with Crippen LogP contribution < -0.4 is 19.5 Å². The van der Waals surface area contributed by atoms with E-state index in [1.807, 2.05) is 0 Å². The van der Waals surface area contributed by atoms with Gasteiger partial charge >= 0.3 is 5.97 Å².